The Labute approximate surface area is 141 Å². The number of anilines is 1. The lowest BCUT2D eigenvalue weighted by Crippen LogP contribution is -2.02. The fraction of sp³-hybridized carbons (Fsp3) is 0.333. The second-order valence-corrected chi connectivity index (χ2v) is 5.19. The van der Waals surface area contributed by atoms with Gasteiger partial charge in [0.1, 0.15) is 17.3 Å². The topological polar surface area (TPSA) is 62.9 Å². The summed E-state index contributed by atoms with van der Waals surface area (Å²) in [5, 5.41) is 0. The molecule has 0 atom stereocenters. The molecule has 0 fully saturated rings. The number of ether oxygens (including phenoxy) is 4. The van der Waals surface area contributed by atoms with Gasteiger partial charge in [-0.15, -0.1) is 0 Å². The average molecular weight is 335 g/mol. The molecule has 2 aromatic carbocycles. The molecular weight excluding hydrogens is 313 g/mol. The lowest BCUT2D eigenvalue weighted by atomic mass is 10.0. The lowest BCUT2D eigenvalue weighted by molar-refractivity contribution is 0.324. The zero-order valence-corrected chi connectivity index (χ0v) is 14.3. The third kappa shape index (κ3) is 3.48. The third-order valence-corrected chi connectivity index (χ3v) is 3.84. The number of hydrogen-bond acceptors (Lipinski definition) is 5. The van der Waals surface area contributed by atoms with Gasteiger partial charge < -0.3 is 24.7 Å². The third-order valence-electron chi connectivity index (χ3n) is 3.84. The molecular formula is C18H22FNO4. The van der Waals surface area contributed by atoms with Crippen LogP contribution in [-0.2, 0) is 12.8 Å². The minimum absolute atomic E-state index is 0.0277. The SMILES string of the molecule is COc1cc(CCc2ccc(F)c(N)c2OC)cc(OC)c1OC. The Morgan fingerprint density at radius 3 is 1.92 bits per heavy atom. The second-order valence-electron chi connectivity index (χ2n) is 5.19. The van der Waals surface area contributed by atoms with Gasteiger partial charge >= 0.3 is 0 Å². The van der Waals surface area contributed by atoms with E-state index in [9.17, 15) is 4.39 Å². The van der Waals surface area contributed by atoms with Crippen molar-refractivity contribution in [1.82, 2.24) is 0 Å². The Hall–Kier alpha value is -2.63. The van der Waals surface area contributed by atoms with Crippen LogP contribution in [-0.4, -0.2) is 28.4 Å². The number of benzene rings is 2. The fourth-order valence-corrected chi connectivity index (χ4v) is 2.62. The molecule has 0 aliphatic rings. The first-order valence-corrected chi connectivity index (χ1v) is 7.45. The first-order chi connectivity index (χ1) is 11.5. The van der Waals surface area contributed by atoms with Crippen LogP contribution in [0.5, 0.6) is 23.0 Å². The number of nitrogens with two attached hydrogens (primary N) is 1. The molecule has 0 aromatic heterocycles. The quantitative estimate of drug-likeness (QED) is 0.787. The van der Waals surface area contributed by atoms with Crippen molar-refractivity contribution in [3.63, 3.8) is 0 Å². The maximum Gasteiger partial charge on any atom is 0.203 e. The largest absolute Gasteiger partial charge is 0.494 e. The van der Waals surface area contributed by atoms with Crippen LogP contribution in [0.1, 0.15) is 11.1 Å². The summed E-state index contributed by atoms with van der Waals surface area (Å²) in [5.41, 5.74) is 7.60. The van der Waals surface area contributed by atoms with E-state index in [-0.39, 0.29) is 5.69 Å². The number of nitrogen functional groups attached to an aromatic ring is 1. The standard InChI is InChI=1S/C18H22FNO4/c1-21-14-9-11(10-15(22-2)18(14)24-4)5-6-12-7-8-13(19)16(20)17(12)23-3/h7-10H,5-6,20H2,1-4H3. The monoisotopic (exact) mass is 335 g/mol. The van der Waals surface area contributed by atoms with Gasteiger partial charge in [-0.3, -0.25) is 0 Å². The van der Waals surface area contributed by atoms with Gasteiger partial charge in [0.25, 0.3) is 0 Å². The van der Waals surface area contributed by atoms with Crippen molar-refractivity contribution in [2.75, 3.05) is 34.2 Å². The zero-order chi connectivity index (χ0) is 17.7. The van der Waals surface area contributed by atoms with Crippen LogP contribution in [0.25, 0.3) is 0 Å². The highest BCUT2D eigenvalue weighted by molar-refractivity contribution is 5.58. The summed E-state index contributed by atoms with van der Waals surface area (Å²) in [7, 11) is 6.19. The highest BCUT2D eigenvalue weighted by Crippen LogP contribution is 2.38. The summed E-state index contributed by atoms with van der Waals surface area (Å²) in [6.07, 6.45) is 1.31. The zero-order valence-electron chi connectivity index (χ0n) is 14.3. The molecule has 0 bridgehead atoms. The van der Waals surface area contributed by atoms with E-state index in [1.807, 2.05) is 12.1 Å². The summed E-state index contributed by atoms with van der Waals surface area (Å²) in [4.78, 5) is 0. The molecule has 0 saturated heterocycles. The van der Waals surface area contributed by atoms with Crippen LogP contribution in [0.4, 0.5) is 10.1 Å². The first-order valence-electron chi connectivity index (χ1n) is 7.45. The number of aryl methyl sites for hydroxylation is 2. The van der Waals surface area contributed by atoms with E-state index in [0.29, 0.717) is 35.8 Å². The number of hydrogen-bond donors (Lipinski definition) is 1. The number of halogens is 1. The molecule has 5 nitrogen and oxygen atoms in total. The van der Waals surface area contributed by atoms with Crippen LogP contribution < -0.4 is 24.7 Å². The first kappa shape index (κ1) is 17.7. The van der Waals surface area contributed by atoms with Gasteiger partial charge in [-0.05, 0) is 42.2 Å². The molecule has 0 aliphatic carbocycles. The van der Waals surface area contributed by atoms with Crippen LogP contribution >= 0.6 is 0 Å². The Balaban J connectivity index is 2.28. The van der Waals surface area contributed by atoms with Crippen molar-refractivity contribution in [3.8, 4) is 23.0 Å². The van der Waals surface area contributed by atoms with Gasteiger partial charge in [0.2, 0.25) is 5.75 Å². The molecule has 0 radical (unpaired) electrons. The average Bonchev–Trinajstić information content (AvgIpc) is 2.61. The minimum Gasteiger partial charge on any atom is -0.494 e. The molecule has 2 aromatic rings. The summed E-state index contributed by atoms with van der Waals surface area (Å²) < 4.78 is 34.8. The maximum atomic E-state index is 13.5. The van der Waals surface area contributed by atoms with Crippen molar-refractivity contribution >= 4 is 5.69 Å². The summed E-state index contributed by atoms with van der Waals surface area (Å²) in [6, 6.07) is 6.81. The van der Waals surface area contributed by atoms with Crippen molar-refractivity contribution in [2.24, 2.45) is 0 Å². The van der Waals surface area contributed by atoms with Gasteiger partial charge in [0.15, 0.2) is 11.5 Å². The smallest absolute Gasteiger partial charge is 0.203 e. The van der Waals surface area contributed by atoms with Crippen molar-refractivity contribution in [3.05, 3.63) is 41.2 Å². The molecule has 2 rings (SSSR count). The molecule has 0 spiro atoms. The normalized spacial score (nSPS) is 10.4. The molecule has 2 N–H and O–H groups in total. The minimum atomic E-state index is -0.483. The van der Waals surface area contributed by atoms with E-state index in [1.165, 1.54) is 13.2 Å². The van der Waals surface area contributed by atoms with Gasteiger partial charge in [-0.1, -0.05) is 6.07 Å². The van der Waals surface area contributed by atoms with Gasteiger partial charge in [-0.2, -0.15) is 0 Å². The van der Waals surface area contributed by atoms with E-state index >= 15 is 0 Å². The molecule has 0 aliphatic heterocycles. The predicted molar refractivity (Wildman–Crippen MR) is 90.9 cm³/mol. The summed E-state index contributed by atoms with van der Waals surface area (Å²) in [6.45, 7) is 0. The molecule has 0 heterocycles. The molecule has 24 heavy (non-hydrogen) atoms. The lowest BCUT2D eigenvalue weighted by Gasteiger charge is -2.15. The predicted octanol–water partition coefficient (Wildman–Crippen LogP) is 3.23. The van der Waals surface area contributed by atoms with E-state index in [4.69, 9.17) is 24.7 Å². The summed E-state index contributed by atoms with van der Waals surface area (Å²) in [5.74, 6) is 1.63. The highest BCUT2D eigenvalue weighted by Gasteiger charge is 2.15. The number of rotatable bonds is 7. The van der Waals surface area contributed by atoms with Crippen molar-refractivity contribution in [2.45, 2.75) is 12.8 Å². The van der Waals surface area contributed by atoms with Gasteiger partial charge in [-0.25, -0.2) is 4.39 Å². The van der Waals surface area contributed by atoms with E-state index < -0.39 is 5.82 Å². The van der Waals surface area contributed by atoms with Gasteiger partial charge in [0, 0.05) is 0 Å². The highest BCUT2D eigenvalue weighted by atomic mass is 19.1. The Morgan fingerprint density at radius 1 is 0.833 bits per heavy atom. The van der Waals surface area contributed by atoms with Gasteiger partial charge in [0.05, 0.1) is 28.4 Å². The molecule has 130 valence electrons. The van der Waals surface area contributed by atoms with E-state index in [1.54, 1.807) is 27.4 Å². The van der Waals surface area contributed by atoms with Crippen LogP contribution in [0.3, 0.4) is 0 Å². The van der Waals surface area contributed by atoms with Crippen LogP contribution in [0.15, 0.2) is 24.3 Å². The van der Waals surface area contributed by atoms with Crippen molar-refractivity contribution in [1.29, 1.82) is 0 Å². The van der Waals surface area contributed by atoms with E-state index in [0.717, 1.165) is 11.1 Å². The Morgan fingerprint density at radius 2 is 1.42 bits per heavy atom. The Bertz CT molecular complexity index is 693. The van der Waals surface area contributed by atoms with E-state index in [2.05, 4.69) is 0 Å². The van der Waals surface area contributed by atoms with Crippen molar-refractivity contribution < 1.29 is 23.3 Å². The maximum absolute atomic E-state index is 13.5. The molecule has 0 saturated carbocycles. The van der Waals surface area contributed by atoms with Crippen LogP contribution in [0, 0.1) is 5.82 Å². The second kappa shape index (κ2) is 7.77. The summed E-state index contributed by atoms with van der Waals surface area (Å²) >= 11 is 0. The van der Waals surface area contributed by atoms with Crippen LogP contribution in [0.2, 0.25) is 0 Å². The molecule has 6 heteroatoms. The Kier molecular flexibility index (Phi) is 5.73. The number of methoxy groups -OCH3 is 4. The fourth-order valence-electron chi connectivity index (χ4n) is 2.62. The molecule has 0 unspecified atom stereocenters. The molecule has 0 amide bonds.